The average Bonchev–Trinajstić information content (AvgIpc) is 0.811. The van der Waals surface area contributed by atoms with Crippen LogP contribution in [0.5, 0.6) is 0 Å². The summed E-state index contributed by atoms with van der Waals surface area (Å²) in [6.07, 6.45) is -2.33. The van der Waals surface area contributed by atoms with Crippen LogP contribution in [0, 0.1) is 0 Å². The van der Waals surface area contributed by atoms with Crippen molar-refractivity contribution >= 4 is 23.5 Å². The molecule has 0 heterocycles. The Morgan fingerprint density at radius 2 is 1.29 bits per heavy atom. The second-order valence-corrected chi connectivity index (χ2v) is 0.250. The Labute approximate surface area is 61.4 Å². The van der Waals surface area contributed by atoms with Crippen LogP contribution in [-0.2, 0) is 17.1 Å². The molecule has 6 heteroatoms. The Hall–Kier alpha value is 0.282. The molecule has 0 aliphatic carbocycles. The molecule has 0 fully saturated rings. The van der Waals surface area contributed by atoms with E-state index in [1.165, 1.54) is 0 Å². The van der Waals surface area contributed by atoms with E-state index in [0.29, 0.717) is 0 Å². The molecule has 0 atom stereocenters. The molecule has 0 bridgehead atoms. The van der Waals surface area contributed by atoms with E-state index in [0.717, 1.165) is 0 Å². The van der Waals surface area contributed by atoms with Crippen LogP contribution in [0.2, 0.25) is 0 Å². The predicted octanol–water partition coefficient (Wildman–Crippen LogP) is -3.01. The number of carbonyl (C=O) groups is 1. The van der Waals surface area contributed by atoms with Gasteiger partial charge in [-0.3, -0.25) is 0 Å². The van der Waals surface area contributed by atoms with Gasteiger partial charge in [0.2, 0.25) is 0 Å². The second-order valence-electron chi connectivity index (χ2n) is 0.250. The van der Waals surface area contributed by atoms with Crippen molar-refractivity contribution < 1.29 is 37.6 Å². The summed E-state index contributed by atoms with van der Waals surface area (Å²) in [6, 6.07) is 0. The molecule has 4 nitrogen and oxygen atoms in total. The van der Waals surface area contributed by atoms with Gasteiger partial charge in [0.1, 0.15) is 0 Å². The largest absolute Gasteiger partial charge is 2.00 e. The van der Waals surface area contributed by atoms with Crippen LogP contribution in [-0.4, -0.2) is 29.0 Å². The van der Waals surface area contributed by atoms with Gasteiger partial charge in [-0.05, 0) is 6.16 Å². The quantitative estimate of drug-likeness (QED) is 0.352. The summed E-state index contributed by atoms with van der Waals surface area (Å²) in [6.45, 7) is 0. The van der Waals surface area contributed by atoms with Gasteiger partial charge in [-0.15, -0.1) is 0 Å². The van der Waals surface area contributed by atoms with Gasteiger partial charge in [0.05, 0.1) is 0 Å². The summed E-state index contributed by atoms with van der Waals surface area (Å²) < 4.78 is 0. The first kappa shape index (κ1) is 26.7. The van der Waals surface area contributed by atoms with Gasteiger partial charge in [-0.25, -0.2) is 0 Å². The van der Waals surface area contributed by atoms with E-state index in [4.69, 9.17) is 15.0 Å². The molecule has 0 spiro atoms. The average molecular weight is 159 g/mol. The molecule has 1 N–H and O–H groups in total. The summed E-state index contributed by atoms with van der Waals surface area (Å²) in [5, 5.41) is 16.7. The van der Waals surface area contributed by atoms with Crippen molar-refractivity contribution in [2.45, 2.75) is 0 Å². The van der Waals surface area contributed by atoms with Crippen LogP contribution in [0.1, 0.15) is 0 Å². The summed E-state index contributed by atoms with van der Waals surface area (Å²) in [5.74, 6) is 0. The second kappa shape index (κ2) is 16.3. The van der Waals surface area contributed by atoms with Gasteiger partial charge < -0.3 is 20.5 Å². The zero-order chi connectivity index (χ0) is 3.58. The van der Waals surface area contributed by atoms with Gasteiger partial charge in [0.15, 0.2) is 0 Å². The molecule has 4 radical (unpaired) electrons. The SMILES string of the molecule is O=C([O-])[O-].[Al].[Mn+2].[OH-]. The van der Waals surface area contributed by atoms with Crippen LogP contribution in [0.25, 0.3) is 0 Å². The molecule has 0 aliphatic heterocycles. The maximum absolute atomic E-state index is 8.33. The molecule has 0 aromatic heterocycles. The smallest absolute Gasteiger partial charge is 0.870 e. The van der Waals surface area contributed by atoms with Crippen molar-refractivity contribution in [2.75, 3.05) is 0 Å². The minimum atomic E-state index is -2.33. The third-order valence-corrected chi connectivity index (χ3v) is 0. The van der Waals surface area contributed by atoms with Crippen LogP contribution in [0.15, 0.2) is 0 Å². The summed E-state index contributed by atoms with van der Waals surface area (Å²) in [4.78, 5) is 8.33. The van der Waals surface area contributed by atoms with Crippen molar-refractivity contribution in [3.05, 3.63) is 0 Å². The molecule has 0 saturated carbocycles. The predicted molar refractivity (Wildman–Crippen MR) is 13.1 cm³/mol. The van der Waals surface area contributed by atoms with E-state index in [2.05, 4.69) is 0 Å². The maximum atomic E-state index is 8.33. The fraction of sp³-hybridized carbons (Fsp3) is 0. The Morgan fingerprint density at radius 1 is 1.29 bits per heavy atom. The molecule has 0 unspecified atom stereocenters. The fourth-order valence-corrected chi connectivity index (χ4v) is 0. The van der Waals surface area contributed by atoms with Gasteiger partial charge in [-0.1, -0.05) is 0 Å². The first-order chi connectivity index (χ1) is 1.73. The van der Waals surface area contributed by atoms with Gasteiger partial charge >= 0.3 is 17.1 Å². The minimum Gasteiger partial charge on any atom is -0.870 e. The van der Waals surface area contributed by atoms with Crippen LogP contribution in [0.3, 0.4) is 0 Å². The zero-order valence-electron chi connectivity index (χ0n) is 3.13. The Bertz CT molecular complexity index is 34.7. The van der Waals surface area contributed by atoms with E-state index < -0.39 is 6.16 Å². The van der Waals surface area contributed by atoms with Crippen molar-refractivity contribution in [2.24, 2.45) is 0 Å². The number of hydrogen-bond donors (Lipinski definition) is 0. The fourth-order valence-electron chi connectivity index (χ4n) is 0. The van der Waals surface area contributed by atoms with Gasteiger partial charge in [0.25, 0.3) is 0 Å². The first-order valence-electron chi connectivity index (χ1n) is 0.612. The number of carboxylic acid groups (broad SMARTS) is 2. The molecule has 40 valence electrons. The normalized spacial score (nSPS) is 3.43. The molecule has 0 aliphatic rings. The number of rotatable bonds is 0. The molecule has 0 aromatic carbocycles. The van der Waals surface area contributed by atoms with Crippen LogP contribution < -0.4 is 10.2 Å². The molecule has 0 rings (SSSR count). The standard InChI is InChI=1S/CH2O3.Al.Mn.H2O/c2-1(3)4;;;/h(H2,2,3,4);;;1H2/q;;+2;/p-3. The van der Waals surface area contributed by atoms with E-state index >= 15 is 0 Å². The molecule has 0 saturated heterocycles. The van der Waals surface area contributed by atoms with Gasteiger partial charge in [0, 0.05) is 17.4 Å². The van der Waals surface area contributed by atoms with Crippen molar-refractivity contribution in [1.29, 1.82) is 0 Å². The van der Waals surface area contributed by atoms with E-state index in [1.54, 1.807) is 0 Å². The summed E-state index contributed by atoms with van der Waals surface area (Å²) in [7, 11) is 0. The molecular formula is CHAlMnO4-. The topological polar surface area (TPSA) is 93.2 Å². The van der Waals surface area contributed by atoms with Crippen molar-refractivity contribution in [1.82, 2.24) is 0 Å². The molecule has 0 aromatic rings. The maximum Gasteiger partial charge on any atom is 2.00 e. The van der Waals surface area contributed by atoms with Crippen LogP contribution >= 0.6 is 0 Å². The van der Waals surface area contributed by atoms with E-state index in [1.807, 2.05) is 0 Å². The molecular weight excluding hydrogens is 158 g/mol. The van der Waals surface area contributed by atoms with E-state index in [9.17, 15) is 0 Å². The molecule has 7 heavy (non-hydrogen) atoms. The number of carbonyl (C=O) groups excluding carboxylic acids is 1. The minimum absolute atomic E-state index is 0. The first-order valence-corrected chi connectivity index (χ1v) is 0.612. The Balaban J connectivity index is -0.0000000150. The van der Waals surface area contributed by atoms with Crippen LogP contribution in [0.4, 0.5) is 4.79 Å². The Morgan fingerprint density at radius 3 is 1.29 bits per heavy atom. The summed E-state index contributed by atoms with van der Waals surface area (Å²) >= 11 is 0. The Kier molecular flexibility index (Phi) is 62.0. The third kappa shape index (κ3) is 1450. The zero-order valence-corrected chi connectivity index (χ0v) is 5.46. The monoisotopic (exact) mass is 159 g/mol. The van der Waals surface area contributed by atoms with E-state index in [-0.39, 0.29) is 39.9 Å². The summed E-state index contributed by atoms with van der Waals surface area (Å²) in [5.41, 5.74) is 0. The van der Waals surface area contributed by atoms with Crippen molar-refractivity contribution in [3.8, 4) is 0 Å². The molecule has 0 amide bonds. The third-order valence-electron chi connectivity index (χ3n) is 0. The number of hydrogen-bond acceptors (Lipinski definition) is 4. The van der Waals surface area contributed by atoms with Crippen molar-refractivity contribution in [3.63, 3.8) is 0 Å². The van der Waals surface area contributed by atoms with Gasteiger partial charge in [-0.2, -0.15) is 0 Å².